The minimum atomic E-state index is 0.192. The van der Waals surface area contributed by atoms with Gasteiger partial charge in [-0.3, -0.25) is 4.79 Å². The van der Waals surface area contributed by atoms with Gasteiger partial charge in [0.05, 0.1) is 5.69 Å². The van der Waals surface area contributed by atoms with Gasteiger partial charge in [-0.1, -0.05) is 18.0 Å². The minimum Gasteiger partial charge on any atom is -0.361 e. The Morgan fingerprint density at radius 1 is 0.900 bits per heavy atom. The molecule has 2 aliphatic rings. The topological polar surface area (TPSA) is 78.6 Å². The van der Waals surface area contributed by atoms with Crippen molar-refractivity contribution in [1.82, 2.24) is 20.3 Å². The number of hydrogen-bond acceptors (Lipinski definition) is 7. The molecule has 0 saturated carbocycles. The molecular formula is C22H32N6O2. The molecule has 0 N–H and O–H groups in total. The van der Waals surface area contributed by atoms with E-state index in [4.69, 9.17) is 4.52 Å². The van der Waals surface area contributed by atoms with Crippen LogP contribution in [0.2, 0.25) is 0 Å². The summed E-state index contributed by atoms with van der Waals surface area (Å²) in [7, 11) is 0. The van der Waals surface area contributed by atoms with Gasteiger partial charge in [0.25, 0.3) is 0 Å². The predicted octanol–water partition coefficient (Wildman–Crippen LogP) is 2.74. The van der Waals surface area contributed by atoms with Gasteiger partial charge in [0.1, 0.15) is 5.76 Å². The summed E-state index contributed by atoms with van der Waals surface area (Å²) in [6.07, 6.45) is 6.26. The van der Waals surface area contributed by atoms with Crippen LogP contribution in [0.3, 0.4) is 0 Å². The first kappa shape index (κ1) is 20.6. The van der Waals surface area contributed by atoms with Gasteiger partial charge < -0.3 is 19.2 Å². The third-order valence-corrected chi connectivity index (χ3v) is 6.29. The van der Waals surface area contributed by atoms with Gasteiger partial charge in [-0.05, 0) is 45.2 Å². The number of anilines is 2. The normalized spacial score (nSPS) is 17.9. The number of rotatable bonds is 5. The molecule has 2 fully saturated rings. The highest BCUT2D eigenvalue weighted by Crippen LogP contribution is 2.20. The van der Waals surface area contributed by atoms with E-state index in [9.17, 15) is 4.79 Å². The van der Waals surface area contributed by atoms with Crippen molar-refractivity contribution in [2.24, 2.45) is 0 Å². The summed E-state index contributed by atoms with van der Waals surface area (Å²) in [5.74, 6) is 2.88. The maximum atomic E-state index is 12.6. The fourth-order valence-electron chi connectivity index (χ4n) is 4.39. The number of carbonyl (C=O) groups excluding carboxylic acids is 1. The van der Waals surface area contributed by atoms with Crippen molar-refractivity contribution in [3.8, 4) is 0 Å². The number of aryl methyl sites for hydroxylation is 2. The molecule has 4 rings (SSSR count). The minimum absolute atomic E-state index is 0.192. The van der Waals surface area contributed by atoms with Gasteiger partial charge in [-0.2, -0.15) is 0 Å². The van der Waals surface area contributed by atoms with Crippen LogP contribution < -0.4 is 9.80 Å². The molecule has 4 heterocycles. The second kappa shape index (κ2) is 9.45. The number of amides is 1. The van der Waals surface area contributed by atoms with E-state index >= 15 is 0 Å². The van der Waals surface area contributed by atoms with Gasteiger partial charge in [0.2, 0.25) is 5.91 Å². The fraction of sp³-hybridized carbons (Fsp3) is 0.636. The van der Waals surface area contributed by atoms with E-state index in [-0.39, 0.29) is 5.91 Å². The van der Waals surface area contributed by atoms with Gasteiger partial charge in [0, 0.05) is 51.3 Å². The van der Waals surface area contributed by atoms with Crippen LogP contribution in [-0.2, 0) is 11.2 Å². The Morgan fingerprint density at radius 3 is 2.03 bits per heavy atom. The molecule has 162 valence electrons. The lowest BCUT2D eigenvalue weighted by Gasteiger charge is -2.35. The van der Waals surface area contributed by atoms with E-state index in [0.717, 1.165) is 67.9 Å². The van der Waals surface area contributed by atoms with E-state index < -0.39 is 0 Å². The summed E-state index contributed by atoms with van der Waals surface area (Å²) < 4.78 is 5.19. The molecule has 2 aromatic heterocycles. The number of piperazine rings is 1. The lowest BCUT2D eigenvalue weighted by atomic mass is 10.1. The van der Waals surface area contributed by atoms with Crippen LogP contribution in [0.1, 0.15) is 49.1 Å². The highest BCUT2D eigenvalue weighted by molar-refractivity contribution is 5.76. The number of hydrogen-bond donors (Lipinski definition) is 0. The SMILES string of the molecule is Cc1noc(C)c1CCC(=O)N1CCN(c2ccc(N3CCCCCC3)nn2)CC1. The van der Waals surface area contributed by atoms with E-state index in [2.05, 4.69) is 37.3 Å². The molecule has 0 radical (unpaired) electrons. The van der Waals surface area contributed by atoms with Crippen molar-refractivity contribution in [3.63, 3.8) is 0 Å². The molecule has 8 nitrogen and oxygen atoms in total. The quantitative estimate of drug-likeness (QED) is 0.747. The Bertz CT molecular complexity index is 814. The molecule has 30 heavy (non-hydrogen) atoms. The zero-order chi connectivity index (χ0) is 20.9. The van der Waals surface area contributed by atoms with Gasteiger partial charge in [-0.15, -0.1) is 10.2 Å². The largest absolute Gasteiger partial charge is 0.361 e. The first-order valence-electron chi connectivity index (χ1n) is 11.1. The second-order valence-corrected chi connectivity index (χ2v) is 8.32. The molecule has 0 unspecified atom stereocenters. The molecule has 8 heteroatoms. The van der Waals surface area contributed by atoms with Crippen LogP contribution in [0.25, 0.3) is 0 Å². The second-order valence-electron chi connectivity index (χ2n) is 8.32. The van der Waals surface area contributed by atoms with Crippen LogP contribution in [0.4, 0.5) is 11.6 Å². The summed E-state index contributed by atoms with van der Waals surface area (Å²) in [4.78, 5) is 19.1. The first-order chi connectivity index (χ1) is 14.6. The molecule has 2 aliphatic heterocycles. The van der Waals surface area contributed by atoms with E-state index in [1.165, 1.54) is 25.7 Å². The first-order valence-corrected chi connectivity index (χ1v) is 11.1. The van der Waals surface area contributed by atoms with Crippen LogP contribution in [0.5, 0.6) is 0 Å². The standard InChI is InChI=1S/C22H32N6O2/c1-17-19(18(2)30-25-17)7-10-22(29)28-15-13-27(14-16-28)21-9-8-20(23-24-21)26-11-5-3-4-6-12-26/h8-9H,3-7,10-16H2,1-2H3. The molecule has 2 aromatic rings. The summed E-state index contributed by atoms with van der Waals surface area (Å²) in [6.45, 7) is 8.98. The zero-order valence-corrected chi connectivity index (χ0v) is 18.1. The van der Waals surface area contributed by atoms with Crippen molar-refractivity contribution in [2.45, 2.75) is 52.4 Å². The molecule has 0 aromatic carbocycles. The molecule has 1 amide bonds. The summed E-state index contributed by atoms with van der Waals surface area (Å²) >= 11 is 0. The number of nitrogens with zero attached hydrogens (tertiary/aromatic N) is 6. The average Bonchev–Trinajstić information content (AvgIpc) is 2.97. The number of carbonyl (C=O) groups is 1. The molecule has 0 atom stereocenters. The molecule has 0 aliphatic carbocycles. The summed E-state index contributed by atoms with van der Waals surface area (Å²) in [5, 5.41) is 12.9. The lowest BCUT2D eigenvalue weighted by Crippen LogP contribution is -2.49. The predicted molar refractivity (Wildman–Crippen MR) is 116 cm³/mol. The maximum absolute atomic E-state index is 12.6. The van der Waals surface area contributed by atoms with Crippen molar-refractivity contribution in [2.75, 3.05) is 49.1 Å². The van der Waals surface area contributed by atoms with Crippen LogP contribution >= 0.6 is 0 Å². The average molecular weight is 413 g/mol. The van der Waals surface area contributed by atoms with Crippen LogP contribution in [0, 0.1) is 13.8 Å². The molecule has 0 spiro atoms. The smallest absolute Gasteiger partial charge is 0.223 e. The summed E-state index contributed by atoms with van der Waals surface area (Å²) in [6, 6.07) is 4.16. The summed E-state index contributed by atoms with van der Waals surface area (Å²) in [5.41, 5.74) is 1.94. The Hall–Kier alpha value is -2.64. The zero-order valence-electron chi connectivity index (χ0n) is 18.1. The molecular weight excluding hydrogens is 380 g/mol. The van der Waals surface area contributed by atoms with E-state index in [1.54, 1.807) is 0 Å². The third kappa shape index (κ3) is 4.74. The Morgan fingerprint density at radius 2 is 1.50 bits per heavy atom. The Labute approximate surface area is 178 Å². The monoisotopic (exact) mass is 412 g/mol. The Kier molecular flexibility index (Phi) is 6.50. The van der Waals surface area contributed by atoms with Crippen molar-refractivity contribution in [1.29, 1.82) is 0 Å². The van der Waals surface area contributed by atoms with Gasteiger partial charge >= 0.3 is 0 Å². The van der Waals surface area contributed by atoms with E-state index in [1.807, 2.05) is 18.7 Å². The van der Waals surface area contributed by atoms with Crippen molar-refractivity contribution in [3.05, 3.63) is 29.2 Å². The Balaban J connectivity index is 1.27. The number of aromatic nitrogens is 3. The van der Waals surface area contributed by atoms with Gasteiger partial charge in [0.15, 0.2) is 11.6 Å². The highest BCUT2D eigenvalue weighted by atomic mass is 16.5. The lowest BCUT2D eigenvalue weighted by molar-refractivity contribution is -0.131. The van der Waals surface area contributed by atoms with Crippen molar-refractivity contribution >= 4 is 17.5 Å². The maximum Gasteiger partial charge on any atom is 0.223 e. The molecule has 0 bridgehead atoms. The fourth-order valence-corrected chi connectivity index (χ4v) is 4.39. The van der Waals surface area contributed by atoms with Crippen molar-refractivity contribution < 1.29 is 9.32 Å². The van der Waals surface area contributed by atoms with Gasteiger partial charge in [-0.25, -0.2) is 0 Å². The molecule has 2 saturated heterocycles. The van der Waals surface area contributed by atoms with Crippen LogP contribution in [-0.4, -0.2) is 65.4 Å². The van der Waals surface area contributed by atoms with E-state index in [0.29, 0.717) is 12.8 Å². The highest BCUT2D eigenvalue weighted by Gasteiger charge is 2.23. The van der Waals surface area contributed by atoms with Crippen LogP contribution in [0.15, 0.2) is 16.7 Å². The third-order valence-electron chi connectivity index (χ3n) is 6.29.